The largest absolute Gasteiger partial charge is 0.352 e. The zero-order valence-corrected chi connectivity index (χ0v) is 17.7. The average molecular weight is 430 g/mol. The maximum Gasteiger partial charge on any atom is 0.244 e. The maximum atomic E-state index is 12.1. The number of carbonyl (C=O) groups is 1. The summed E-state index contributed by atoms with van der Waals surface area (Å²) in [5.74, 6) is -0.314. The van der Waals surface area contributed by atoms with Gasteiger partial charge in [0.05, 0.1) is 17.2 Å². The van der Waals surface area contributed by atoms with Crippen LogP contribution in [0.4, 0.5) is 0 Å². The maximum absolute atomic E-state index is 12.1. The van der Waals surface area contributed by atoms with Gasteiger partial charge in [-0.25, -0.2) is 8.42 Å². The van der Waals surface area contributed by atoms with E-state index in [9.17, 15) is 13.2 Å². The highest BCUT2D eigenvalue weighted by atomic mass is 32.2. The molecule has 0 radical (unpaired) electrons. The number of thiophene rings is 1. The van der Waals surface area contributed by atoms with Crippen LogP contribution in [0, 0.1) is 0 Å². The highest BCUT2D eigenvalue weighted by Crippen LogP contribution is 2.27. The molecule has 2 heterocycles. The van der Waals surface area contributed by atoms with Crippen LogP contribution < -0.4 is 5.32 Å². The molecule has 152 valence electrons. The van der Waals surface area contributed by atoms with Crippen LogP contribution in [0.25, 0.3) is 16.6 Å². The van der Waals surface area contributed by atoms with Crippen LogP contribution in [0.3, 0.4) is 0 Å². The van der Waals surface area contributed by atoms with Gasteiger partial charge < -0.3 is 5.32 Å². The van der Waals surface area contributed by atoms with Crippen molar-refractivity contribution in [1.82, 2.24) is 15.1 Å². The number of hydrogen-bond acceptors (Lipinski definition) is 5. The molecule has 29 heavy (non-hydrogen) atoms. The van der Waals surface area contributed by atoms with Crippen molar-refractivity contribution in [3.05, 3.63) is 71.2 Å². The zero-order valence-electron chi connectivity index (χ0n) is 16.1. The monoisotopic (exact) mass is 429 g/mol. The summed E-state index contributed by atoms with van der Waals surface area (Å²) in [6.45, 7) is 2.33. The number of hydrogen-bond donors (Lipinski definition) is 1. The van der Waals surface area contributed by atoms with Crippen molar-refractivity contribution >= 4 is 33.2 Å². The molecule has 1 amide bonds. The number of amides is 1. The predicted octanol–water partition coefficient (Wildman–Crippen LogP) is 3.22. The number of nitrogens with zero attached hydrogens (tertiary/aromatic N) is 2. The first-order chi connectivity index (χ1) is 14.0. The summed E-state index contributed by atoms with van der Waals surface area (Å²) in [4.78, 5) is 13.1. The third kappa shape index (κ3) is 6.13. The topological polar surface area (TPSA) is 81.1 Å². The van der Waals surface area contributed by atoms with Gasteiger partial charge in [-0.15, -0.1) is 11.3 Å². The smallest absolute Gasteiger partial charge is 0.244 e. The minimum Gasteiger partial charge on any atom is -0.352 e. The van der Waals surface area contributed by atoms with Crippen molar-refractivity contribution in [3.63, 3.8) is 0 Å². The van der Waals surface area contributed by atoms with E-state index in [-0.39, 0.29) is 24.0 Å². The fourth-order valence-electron chi connectivity index (χ4n) is 2.71. The predicted molar refractivity (Wildman–Crippen MR) is 117 cm³/mol. The van der Waals surface area contributed by atoms with E-state index < -0.39 is 9.84 Å². The first-order valence-corrected chi connectivity index (χ1v) is 12.0. The molecule has 3 rings (SSSR count). The summed E-state index contributed by atoms with van der Waals surface area (Å²) in [6, 6.07) is 14.0. The Balaban J connectivity index is 1.73. The molecule has 3 aromatic rings. The molecule has 0 spiro atoms. The molecule has 0 saturated heterocycles. The van der Waals surface area contributed by atoms with Crippen molar-refractivity contribution < 1.29 is 13.2 Å². The van der Waals surface area contributed by atoms with Crippen molar-refractivity contribution in [2.24, 2.45) is 0 Å². The van der Waals surface area contributed by atoms with E-state index in [0.717, 1.165) is 21.7 Å². The number of sulfone groups is 1. The Kier molecular flexibility index (Phi) is 7.00. The lowest BCUT2D eigenvalue weighted by molar-refractivity contribution is -0.116. The van der Waals surface area contributed by atoms with Gasteiger partial charge in [-0.1, -0.05) is 43.3 Å². The summed E-state index contributed by atoms with van der Waals surface area (Å²) in [6.07, 6.45) is 5.04. The highest BCUT2D eigenvalue weighted by Gasteiger charge is 2.11. The molecular weight excluding hydrogens is 406 g/mol. The van der Waals surface area contributed by atoms with Crippen LogP contribution in [0.1, 0.15) is 18.1 Å². The Morgan fingerprint density at radius 3 is 2.69 bits per heavy atom. The summed E-state index contributed by atoms with van der Waals surface area (Å²) in [5, 5.41) is 9.30. The standard InChI is InChI=1S/C21H23N3O3S2/c1-2-29(26,27)14-12-22-20(25)11-10-18-16-24(15-17-7-4-3-5-8-17)23-21(18)19-9-6-13-28-19/h3-11,13,16H,2,12,14-15H2,1H3,(H,22,25)/b11-10+. The Bertz CT molecular complexity index is 1070. The van der Waals surface area contributed by atoms with Crippen LogP contribution in [0.15, 0.2) is 60.1 Å². The molecule has 0 atom stereocenters. The van der Waals surface area contributed by atoms with Crippen molar-refractivity contribution in [2.75, 3.05) is 18.1 Å². The summed E-state index contributed by atoms with van der Waals surface area (Å²) >= 11 is 1.59. The van der Waals surface area contributed by atoms with E-state index in [4.69, 9.17) is 5.10 Å². The second-order valence-electron chi connectivity index (χ2n) is 6.45. The third-order valence-corrected chi connectivity index (χ3v) is 6.88. The van der Waals surface area contributed by atoms with Gasteiger partial charge in [-0.2, -0.15) is 5.10 Å². The molecule has 1 aromatic carbocycles. The van der Waals surface area contributed by atoms with Gasteiger partial charge in [0.25, 0.3) is 0 Å². The van der Waals surface area contributed by atoms with E-state index >= 15 is 0 Å². The van der Waals surface area contributed by atoms with Gasteiger partial charge in [0.15, 0.2) is 9.84 Å². The summed E-state index contributed by atoms with van der Waals surface area (Å²) in [7, 11) is -3.10. The minimum atomic E-state index is -3.10. The molecule has 0 bridgehead atoms. The highest BCUT2D eigenvalue weighted by molar-refractivity contribution is 7.91. The Morgan fingerprint density at radius 1 is 1.21 bits per heavy atom. The fraction of sp³-hybridized carbons (Fsp3) is 0.238. The van der Waals surface area contributed by atoms with Crippen LogP contribution in [0.5, 0.6) is 0 Å². The minimum absolute atomic E-state index is 0.0570. The molecule has 0 saturated carbocycles. The van der Waals surface area contributed by atoms with Crippen LogP contribution in [-0.4, -0.2) is 42.2 Å². The van der Waals surface area contributed by atoms with E-state index in [1.165, 1.54) is 6.08 Å². The summed E-state index contributed by atoms with van der Waals surface area (Å²) in [5.41, 5.74) is 2.78. The molecule has 1 N–H and O–H groups in total. The van der Waals surface area contributed by atoms with Gasteiger partial charge in [-0.3, -0.25) is 9.48 Å². The number of carbonyl (C=O) groups excluding carboxylic acids is 1. The van der Waals surface area contributed by atoms with Crippen LogP contribution in [0.2, 0.25) is 0 Å². The Morgan fingerprint density at radius 2 is 2.00 bits per heavy atom. The number of aromatic nitrogens is 2. The SMILES string of the molecule is CCS(=O)(=O)CCNC(=O)/C=C/c1cn(Cc2ccccc2)nc1-c1cccs1. The molecule has 0 fully saturated rings. The molecular formula is C21H23N3O3S2. The van der Waals surface area contributed by atoms with Gasteiger partial charge in [0, 0.05) is 30.1 Å². The van der Waals surface area contributed by atoms with Gasteiger partial charge >= 0.3 is 0 Å². The molecule has 6 nitrogen and oxygen atoms in total. The second kappa shape index (κ2) is 9.67. The number of nitrogens with one attached hydrogen (secondary N) is 1. The Labute approximate surface area is 174 Å². The van der Waals surface area contributed by atoms with E-state index in [1.54, 1.807) is 24.3 Å². The Hall–Kier alpha value is -2.71. The van der Waals surface area contributed by atoms with Crippen molar-refractivity contribution in [2.45, 2.75) is 13.5 Å². The quantitative estimate of drug-likeness (QED) is 0.530. The lowest BCUT2D eigenvalue weighted by atomic mass is 10.2. The average Bonchev–Trinajstić information content (AvgIpc) is 3.37. The molecule has 0 aliphatic rings. The van der Waals surface area contributed by atoms with Crippen molar-refractivity contribution in [3.8, 4) is 10.6 Å². The van der Waals surface area contributed by atoms with Crippen molar-refractivity contribution in [1.29, 1.82) is 0 Å². The molecule has 8 heteroatoms. The molecule has 0 unspecified atom stereocenters. The first-order valence-electron chi connectivity index (χ1n) is 9.28. The lowest BCUT2D eigenvalue weighted by Gasteiger charge is -2.02. The van der Waals surface area contributed by atoms with Gasteiger partial charge in [-0.05, 0) is 23.1 Å². The van der Waals surface area contributed by atoms with E-state index in [2.05, 4.69) is 5.32 Å². The lowest BCUT2D eigenvalue weighted by Crippen LogP contribution is -2.28. The van der Waals surface area contributed by atoms with E-state index in [0.29, 0.717) is 6.54 Å². The molecule has 2 aromatic heterocycles. The summed E-state index contributed by atoms with van der Waals surface area (Å²) < 4.78 is 24.9. The first kappa shape index (κ1) is 21.0. The second-order valence-corrected chi connectivity index (χ2v) is 9.87. The fourth-order valence-corrected chi connectivity index (χ4v) is 4.15. The normalized spacial score (nSPS) is 11.8. The van der Waals surface area contributed by atoms with Gasteiger partial charge in [0.2, 0.25) is 5.91 Å². The molecule has 0 aliphatic heterocycles. The zero-order chi connectivity index (χ0) is 20.7. The van der Waals surface area contributed by atoms with Crippen LogP contribution in [-0.2, 0) is 21.2 Å². The number of benzene rings is 1. The number of rotatable bonds is 9. The molecule has 0 aliphatic carbocycles. The van der Waals surface area contributed by atoms with Crippen LogP contribution >= 0.6 is 11.3 Å². The van der Waals surface area contributed by atoms with Gasteiger partial charge in [0.1, 0.15) is 5.69 Å². The van der Waals surface area contributed by atoms with E-state index in [1.807, 2.05) is 58.7 Å². The third-order valence-electron chi connectivity index (χ3n) is 4.30.